The minimum Gasteiger partial charge on any atom is -0.497 e. The van der Waals surface area contributed by atoms with E-state index in [0.717, 1.165) is 0 Å². The van der Waals surface area contributed by atoms with Gasteiger partial charge >= 0.3 is 11.9 Å². The number of methoxy groups -OCH3 is 1. The van der Waals surface area contributed by atoms with Crippen molar-refractivity contribution in [2.45, 2.75) is 26.4 Å². The van der Waals surface area contributed by atoms with Gasteiger partial charge in [0, 0.05) is 6.07 Å². The molecule has 0 amide bonds. The van der Waals surface area contributed by atoms with Crippen LogP contribution in [0.3, 0.4) is 0 Å². The third kappa shape index (κ3) is 6.62. The molecule has 1 aromatic rings. The molecule has 1 atom stereocenters. The molecule has 0 heterocycles. The van der Waals surface area contributed by atoms with Gasteiger partial charge in [-0.25, -0.2) is 9.59 Å². The molecule has 0 aliphatic carbocycles. The second-order valence-corrected chi connectivity index (χ2v) is 3.86. The monoisotopic (exact) mass is 300 g/mol. The zero-order valence-electron chi connectivity index (χ0n) is 12.2. The van der Waals surface area contributed by atoms with Crippen LogP contribution in [0.2, 0.25) is 0 Å². The van der Waals surface area contributed by atoms with Gasteiger partial charge < -0.3 is 24.8 Å². The van der Waals surface area contributed by atoms with E-state index in [2.05, 4.69) is 0 Å². The molecule has 7 heteroatoms. The largest absolute Gasteiger partial charge is 0.497 e. The van der Waals surface area contributed by atoms with Crippen LogP contribution in [0.1, 0.15) is 30.6 Å². The van der Waals surface area contributed by atoms with Gasteiger partial charge in [0.15, 0.2) is 6.10 Å². The van der Waals surface area contributed by atoms with Crippen molar-refractivity contribution in [2.24, 2.45) is 0 Å². The Hall–Kier alpha value is -2.28. The molecular formula is C14H20O7. The van der Waals surface area contributed by atoms with Crippen LogP contribution in [0.5, 0.6) is 11.5 Å². The molecule has 7 nitrogen and oxygen atoms in total. The summed E-state index contributed by atoms with van der Waals surface area (Å²) in [6.07, 6.45) is -0.907. The first kappa shape index (κ1) is 18.7. The summed E-state index contributed by atoms with van der Waals surface area (Å²) in [6, 6.07) is 4.62. The van der Waals surface area contributed by atoms with Crippen LogP contribution in [0.4, 0.5) is 0 Å². The molecule has 0 aliphatic rings. The summed E-state index contributed by atoms with van der Waals surface area (Å²) in [5.74, 6) is -1.24. The van der Waals surface area contributed by atoms with E-state index in [1.54, 1.807) is 26.0 Å². The third-order valence-corrected chi connectivity index (χ3v) is 2.39. The maximum Gasteiger partial charge on any atom is 0.339 e. The number of benzene rings is 1. The fourth-order valence-corrected chi connectivity index (χ4v) is 1.26. The Labute approximate surface area is 122 Å². The molecule has 0 aliphatic heterocycles. The molecule has 1 rings (SSSR count). The normalized spacial score (nSPS) is 10.9. The molecule has 3 N–H and O–H groups in total. The highest BCUT2D eigenvalue weighted by Crippen LogP contribution is 2.24. The fourth-order valence-electron chi connectivity index (χ4n) is 1.26. The van der Waals surface area contributed by atoms with Crippen molar-refractivity contribution in [1.29, 1.82) is 0 Å². The predicted molar refractivity (Wildman–Crippen MR) is 75.1 cm³/mol. The number of aliphatic hydroxyl groups excluding tert-OH is 1. The van der Waals surface area contributed by atoms with E-state index in [1.807, 2.05) is 0 Å². The number of carbonyl (C=O) groups is 2. The highest BCUT2D eigenvalue weighted by Gasteiger charge is 2.11. The predicted octanol–water partition coefficient (Wildman–Crippen LogP) is 1.63. The number of ether oxygens (including phenoxy) is 2. The molecule has 0 radical (unpaired) electrons. The SMILES string of the molecule is CCC(O)C(=O)O.CCOc1cc(OC)ccc1C(=O)O. The summed E-state index contributed by atoms with van der Waals surface area (Å²) in [6.45, 7) is 3.83. The average Bonchev–Trinajstić information content (AvgIpc) is 2.46. The van der Waals surface area contributed by atoms with Crippen molar-refractivity contribution in [3.05, 3.63) is 23.8 Å². The van der Waals surface area contributed by atoms with Gasteiger partial charge in [0.25, 0.3) is 0 Å². The lowest BCUT2D eigenvalue weighted by molar-refractivity contribution is -0.146. The van der Waals surface area contributed by atoms with Gasteiger partial charge in [-0.1, -0.05) is 6.92 Å². The molecule has 1 unspecified atom stereocenters. The lowest BCUT2D eigenvalue weighted by Crippen LogP contribution is -2.17. The van der Waals surface area contributed by atoms with E-state index >= 15 is 0 Å². The quantitative estimate of drug-likeness (QED) is 0.731. The van der Waals surface area contributed by atoms with E-state index in [0.29, 0.717) is 18.1 Å². The number of rotatable bonds is 6. The number of hydrogen-bond acceptors (Lipinski definition) is 5. The summed E-state index contributed by atoms with van der Waals surface area (Å²) in [4.78, 5) is 20.5. The lowest BCUT2D eigenvalue weighted by atomic mass is 10.2. The van der Waals surface area contributed by atoms with Crippen molar-refractivity contribution < 1.29 is 34.4 Å². The molecule has 21 heavy (non-hydrogen) atoms. The van der Waals surface area contributed by atoms with Gasteiger partial charge in [0.05, 0.1) is 13.7 Å². The molecule has 0 saturated heterocycles. The Morgan fingerprint density at radius 3 is 2.19 bits per heavy atom. The number of hydrogen-bond donors (Lipinski definition) is 3. The fraction of sp³-hybridized carbons (Fsp3) is 0.429. The van der Waals surface area contributed by atoms with E-state index in [4.69, 9.17) is 24.8 Å². The number of aliphatic hydroxyl groups is 1. The van der Waals surface area contributed by atoms with Crippen molar-refractivity contribution in [3.8, 4) is 11.5 Å². The zero-order chi connectivity index (χ0) is 16.4. The molecule has 1 aromatic carbocycles. The molecule has 118 valence electrons. The van der Waals surface area contributed by atoms with Crippen LogP contribution in [0, 0.1) is 0 Å². The van der Waals surface area contributed by atoms with E-state index in [1.165, 1.54) is 13.2 Å². The summed E-state index contributed by atoms with van der Waals surface area (Å²) < 4.78 is 10.1. The summed E-state index contributed by atoms with van der Waals surface area (Å²) in [7, 11) is 1.52. The first-order valence-corrected chi connectivity index (χ1v) is 6.32. The Kier molecular flexibility index (Phi) is 8.55. The maximum absolute atomic E-state index is 10.8. The van der Waals surface area contributed by atoms with Gasteiger partial charge in [-0.3, -0.25) is 0 Å². The van der Waals surface area contributed by atoms with Crippen LogP contribution >= 0.6 is 0 Å². The van der Waals surface area contributed by atoms with Crippen LogP contribution in [0.25, 0.3) is 0 Å². The van der Waals surface area contributed by atoms with Crippen LogP contribution < -0.4 is 9.47 Å². The number of carboxylic acid groups (broad SMARTS) is 2. The highest BCUT2D eigenvalue weighted by molar-refractivity contribution is 5.91. The second-order valence-electron chi connectivity index (χ2n) is 3.86. The van der Waals surface area contributed by atoms with E-state index in [9.17, 15) is 9.59 Å². The topological polar surface area (TPSA) is 113 Å². The third-order valence-electron chi connectivity index (χ3n) is 2.39. The molecule has 0 bridgehead atoms. The average molecular weight is 300 g/mol. The van der Waals surface area contributed by atoms with Gasteiger partial charge in [0.1, 0.15) is 17.1 Å². The van der Waals surface area contributed by atoms with Crippen LogP contribution in [0.15, 0.2) is 18.2 Å². The summed E-state index contributed by atoms with van der Waals surface area (Å²) in [5, 5.41) is 25.1. The van der Waals surface area contributed by atoms with E-state index in [-0.39, 0.29) is 12.0 Å². The summed E-state index contributed by atoms with van der Waals surface area (Å²) >= 11 is 0. The molecular weight excluding hydrogens is 280 g/mol. The van der Waals surface area contributed by atoms with Gasteiger partial charge in [0.2, 0.25) is 0 Å². The number of aromatic carboxylic acids is 1. The van der Waals surface area contributed by atoms with E-state index < -0.39 is 18.0 Å². The highest BCUT2D eigenvalue weighted by atomic mass is 16.5. The zero-order valence-corrected chi connectivity index (χ0v) is 12.2. The number of carboxylic acids is 2. The van der Waals surface area contributed by atoms with Crippen LogP contribution in [-0.4, -0.2) is 47.1 Å². The summed E-state index contributed by atoms with van der Waals surface area (Å²) in [5.41, 5.74) is 0.146. The number of aliphatic carboxylic acids is 1. The first-order chi connectivity index (χ1) is 9.87. The van der Waals surface area contributed by atoms with Crippen molar-refractivity contribution in [1.82, 2.24) is 0 Å². The van der Waals surface area contributed by atoms with Gasteiger partial charge in [-0.15, -0.1) is 0 Å². The minimum absolute atomic E-state index is 0.146. The Morgan fingerprint density at radius 2 is 1.86 bits per heavy atom. The molecule has 0 fully saturated rings. The minimum atomic E-state index is -1.18. The van der Waals surface area contributed by atoms with Crippen molar-refractivity contribution >= 4 is 11.9 Å². The standard InChI is InChI=1S/C10H12O4.C4H8O3/c1-3-14-9-6-7(13-2)4-5-8(9)10(11)12;1-2-3(5)4(6)7/h4-6H,3H2,1-2H3,(H,11,12);3,5H,2H2,1H3,(H,6,7). The Morgan fingerprint density at radius 1 is 1.24 bits per heavy atom. The molecule has 0 spiro atoms. The molecule has 0 saturated carbocycles. The van der Waals surface area contributed by atoms with Gasteiger partial charge in [-0.2, -0.15) is 0 Å². The molecule has 0 aromatic heterocycles. The Balaban J connectivity index is 0.000000486. The lowest BCUT2D eigenvalue weighted by Gasteiger charge is -2.08. The maximum atomic E-state index is 10.8. The van der Waals surface area contributed by atoms with Gasteiger partial charge in [-0.05, 0) is 25.5 Å². The second kappa shape index (κ2) is 9.60. The Bertz CT molecular complexity index is 470. The van der Waals surface area contributed by atoms with Crippen LogP contribution in [-0.2, 0) is 4.79 Å². The first-order valence-electron chi connectivity index (χ1n) is 6.32. The smallest absolute Gasteiger partial charge is 0.339 e. The van der Waals surface area contributed by atoms with Crippen molar-refractivity contribution in [3.63, 3.8) is 0 Å². The van der Waals surface area contributed by atoms with Crippen molar-refractivity contribution in [2.75, 3.05) is 13.7 Å².